The Hall–Kier alpha value is -2.87. The van der Waals surface area contributed by atoms with E-state index >= 15 is 0 Å². The van der Waals surface area contributed by atoms with E-state index in [1.54, 1.807) is 31.2 Å². The minimum atomic E-state index is -1.05. The summed E-state index contributed by atoms with van der Waals surface area (Å²) in [4.78, 5) is 37.9. The van der Waals surface area contributed by atoms with Gasteiger partial charge in [-0.3, -0.25) is 9.59 Å². The van der Waals surface area contributed by atoms with Crippen LogP contribution >= 0.6 is 11.3 Å². The first kappa shape index (κ1) is 20.9. The number of nitrogens with two attached hydrogens (primary N) is 1. The highest BCUT2D eigenvalue weighted by Crippen LogP contribution is 2.38. The van der Waals surface area contributed by atoms with Crippen LogP contribution in [0.2, 0.25) is 0 Å². The first-order valence-electron chi connectivity index (χ1n) is 9.58. The number of hydrogen-bond acceptors (Lipinski definition) is 6. The number of primary amides is 1. The molecule has 1 aromatic carbocycles. The second-order valence-electron chi connectivity index (χ2n) is 6.82. The maximum Gasteiger partial charge on any atom is 0.348 e. The second kappa shape index (κ2) is 9.09. The number of nitrogens with one attached hydrogen (secondary N) is 1. The van der Waals surface area contributed by atoms with E-state index in [0.717, 1.165) is 29.7 Å². The fourth-order valence-electron chi connectivity index (χ4n) is 3.23. The topological polar surface area (TPSA) is 108 Å². The maximum atomic E-state index is 12.5. The molecule has 1 aliphatic carbocycles. The van der Waals surface area contributed by atoms with Crippen molar-refractivity contribution in [3.05, 3.63) is 46.3 Å². The van der Waals surface area contributed by atoms with E-state index < -0.39 is 30.0 Å². The number of carbonyl (C=O) groups excluding carboxylic acids is 3. The lowest BCUT2D eigenvalue weighted by Gasteiger charge is -2.19. The summed E-state index contributed by atoms with van der Waals surface area (Å²) in [6.07, 6.45) is 1.15. The molecule has 3 N–H and O–H groups in total. The second-order valence-corrected chi connectivity index (χ2v) is 7.93. The van der Waals surface area contributed by atoms with Gasteiger partial charge in [-0.25, -0.2) is 4.79 Å². The van der Waals surface area contributed by atoms with Gasteiger partial charge in [0.05, 0.1) is 5.56 Å². The van der Waals surface area contributed by atoms with Crippen LogP contribution in [0.1, 0.15) is 47.5 Å². The standard InChI is InChI=1S/C21H24N2O5S/c1-3-15(28-13-8-5-4-6-9-13)21(26)27-12(2)19(25)23-20-17(18(22)24)14-10-7-11-16(14)29-20/h4-6,8-9,12,15H,3,7,10-11H2,1-2H3,(H2,22,24)(H,23,25)/t12-,15+/m1/s1. The monoisotopic (exact) mass is 416 g/mol. The van der Waals surface area contributed by atoms with Crippen LogP contribution in [0, 0.1) is 0 Å². The molecule has 0 radical (unpaired) electrons. The molecule has 0 bridgehead atoms. The van der Waals surface area contributed by atoms with Gasteiger partial charge in [-0.1, -0.05) is 25.1 Å². The zero-order chi connectivity index (χ0) is 21.0. The minimum absolute atomic E-state index is 0.369. The lowest BCUT2D eigenvalue weighted by atomic mass is 10.1. The predicted octanol–water partition coefficient (Wildman–Crippen LogP) is 3.06. The minimum Gasteiger partial charge on any atom is -0.479 e. The molecule has 3 rings (SSSR count). The number of ether oxygens (including phenoxy) is 2. The summed E-state index contributed by atoms with van der Waals surface area (Å²) in [7, 11) is 0. The van der Waals surface area contributed by atoms with Gasteiger partial charge in [0.25, 0.3) is 11.8 Å². The van der Waals surface area contributed by atoms with Gasteiger partial charge in [-0.05, 0) is 50.3 Å². The van der Waals surface area contributed by atoms with Crippen LogP contribution in [0.25, 0.3) is 0 Å². The number of fused-ring (bicyclic) bond motifs is 1. The number of hydrogen-bond donors (Lipinski definition) is 2. The molecule has 7 nitrogen and oxygen atoms in total. The van der Waals surface area contributed by atoms with Gasteiger partial charge in [0.15, 0.2) is 12.2 Å². The van der Waals surface area contributed by atoms with E-state index in [1.807, 2.05) is 6.07 Å². The van der Waals surface area contributed by atoms with E-state index in [9.17, 15) is 14.4 Å². The smallest absolute Gasteiger partial charge is 0.348 e. The number of rotatable bonds is 8. The number of carbonyl (C=O) groups is 3. The number of anilines is 1. The molecule has 2 aromatic rings. The first-order chi connectivity index (χ1) is 13.9. The molecule has 0 aliphatic heterocycles. The summed E-state index contributed by atoms with van der Waals surface area (Å²) in [5.74, 6) is -1.16. The van der Waals surface area contributed by atoms with Crippen molar-refractivity contribution in [1.29, 1.82) is 0 Å². The van der Waals surface area contributed by atoms with Crippen molar-refractivity contribution in [3.8, 4) is 5.75 Å². The number of esters is 1. The molecule has 2 amide bonds. The summed E-state index contributed by atoms with van der Waals surface area (Å²) in [6, 6.07) is 8.94. The molecular formula is C21H24N2O5S. The van der Waals surface area contributed by atoms with Crippen LogP contribution in [-0.2, 0) is 27.2 Å². The fourth-order valence-corrected chi connectivity index (χ4v) is 4.53. The Morgan fingerprint density at radius 2 is 1.93 bits per heavy atom. The summed E-state index contributed by atoms with van der Waals surface area (Å²) < 4.78 is 11.0. The molecule has 154 valence electrons. The Morgan fingerprint density at radius 1 is 1.21 bits per heavy atom. The van der Waals surface area contributed by atoms with Crippen molar-refractivity contribution in [1.82, 2.24) is 0 Å². The fraction of sp³-hybridized carbons (Fsp3) is 0.381. The molecule has 1 aromatic heterocycles. The third-order valence-electron chi connectivity index (χ3n) is 4.72. The van der Waals surface area contributed by atoms with Gasteiger partial charge in [-0.15, -0.1) is 11.3 Å². The van der Waals surface area contributed by atoms with E-state index in [1.165, 1.54) is 18.3 Å². The largest absolute Gasteiger partial charge is 0.479 e. The summed E-state index contributed by atoms with van der Waals surface area (Å²) in [5, 5.41) is 3.11. The van der Waals surface area contributed by atoms with E-state index in [2.05, 4.69) is 5.32 Å². The Kier molecular flexibility index (Phi) is 6.53. The zero-order valence-electron chi connectivity index (χ0n) is 16.4. The Morgan fingerprint density at radius 3 is 2.59 bits per heavy atom. The number of benzene rings is 1. The molecule has 1 heterocycles. The summed E-state index contributed by atoms with van der Waals surface area (Å²) in [5.41, 5.74) is 6.80. The molecule has 0 saturated carbocycles. The van der Waals surface area contributed by atoms with Gasteiger partial charge in [0.2, 0.25) is 0 Å². The van der Waals surface area contributed by atoms with Crippen LogP contribution < -0.4 is 15.8 Å². The Balaban J connectivity index is 1.63. The van der Waals surface area contributed by atoms with E-state index in [-0.39, 0.29) is 0 Å². The van der Waals surface area contributed by atoms with Gasteiger partial charge in [-0.2, -0.15) is 0 Å². The normalized spacial score (nSPS) is 14.6. The molecule has 0 spiro atoms. The summed E-state index contributed by atoms with van der Waals surface area (Å²) in [6.45, 7) is 3.28. The average molecular weight is 416 g/mol. The highest BCUT2D eigenvalue weighted by atomic mass is 32.1. The molecule has 0 fully saturated rings. The van der Waals surface area contributed by atoms with Gasteiger partial charge >= 0.3 is 5.97 Å². The van der Waals surface area contributed by atoms with Crippen molar-refractivity contribution in [2.45, 2.75) is 51.7 Å². The highest BCUT2D eigenvalue weighted by Gasteiger charge is 2.29. The van der Waals surface area contributed by atoms with Crippen molar-refractivity contribution < 1.29 is 23.9 Å². The van der Waals surface area contributed by atoms with Gasteiger partial charge in [0, 0.05) is 4.88 Å². The van der Waals surface area contributed by atoms with Crippen molar-refractivity contribution >= 4 is 34.1 Å². The molecule has 2 atom stereocenters. The number of amides is 2. The molecule has 1 aliphatic rings. The van der Waals surface area contributed by atoms with Gasteiger partial charge in [0.1, 0.15) is 10.8 Å². The molecule has 0 unspecified atom stereocenters. The predicted molar refractivity (Wildman–Crippen MR) is 110 cm³/mol. The third-order valence-corrected chi connectivity index (χ3v) is 5.93. The number of para-hydroxylation sites is 1. The summed E-state index contributed by atoms with van der Waals surface area (Å²) >= 11 is 1.36. The van der Waals surface area contributed by atoms with Crippen molar-refractivity contribution in [3.63, 3.8) is 0 Å². The molecule has 8 heteroatoms. The van der Waals surface area contributed by atoms with Crippen molar-refractivity contribution in [2.75, 3.05) is 5.32 Å². The quantitative estimate of drug-likeness (QED) is 0.643. The highest BCUT2D eigenvalue weighted by molar-refractivity contribution is 7.17. The number of aryl methyl sites for hydroxylation is 1. The Labute approximate surface area is 173 Å². The molecule has 0 saturated heterocycles. The molecule has 29 heavy (non-hydrogen) atoms. The lowest BCUT2D eigenvalue weighted by Crippen LogP contribution is -2.36. The Bertz CT molecular complexity index is 909. The van der Waals surface area contributed by atoms with Crippen LogP contribution in [-0.4, -0.2) is 30.0 Å². The van der Waals surface area contributed by atoms with Crippen LogP contribution in [0.3, 0.4) is 0 Å². The lowest BCUT2D eigenvalue weighted by molar-refractivity contribution is -0.160. The van der Waals surface area contributed by atoms with E-state index in [4.69, 9.17) is 15.2 Å². The van der Waals surface area contributed by atoms with Crippen molar-refractivity contribution in [2.24, 2.45) is 5.73 Å². The average Bonchev–Trinajstić information content (AvgIpc) is 3.27. The van der Waals surface area contributed by atoms with E-state index in [0.29, 0.717) is 22.7 Å². The zero-order valence-corrected chi connectivity index (χ0v) is 17.2. The molecular weight excluding hydrogens is 392 g/mol. The maximum absolute atomic E-state index is 12.5. The SMILES string of the molecule is CC[C@H](Oc1ccccc1)C(=O)O[C@H](C)C(=O)Nc1sc2c(c1C(N)=O)CCC2. The van der Waals surface area contributed by atoms with Crippen LogP contribution in [0.4, 0.5) is 5.00 Å². The van der Waals surface area contributed by atoms with Crippen LogP contribution in [0.15, 0.2) is 30.3 Å². The number of thiophene rings is 1. The van der Waals surface area contributed by atoms with Crippen LogP contribution in [0.5, 0.6) is 5.75 Å². The third kappa shape index (κ3) is 4.76. The first-order valence-corrected chi connectivity index (χ1v) is 10.4. The van der Waals surface area contributed by atoms with Gasteiger partial charge < -0.3 is 20.5 Å².